The number of hydrogen-bond acceptors (Lipinski definition) is 7. The fraction of sp³-hybridized carbons (Fsp3) is 0.500. The van der Waals surface area contributed by atoms with E-state index in [0.29, 0.717) is 30.5 Å². The smallest absolute Gasteiger partial charge is 0.344 e. The van der Waals surface area contributed by atoms with E-state index in [2.05, 4.69) is 5.32 Å². The zero-order valence-corrected chi connectivity index (χ0v) is 14.4. The molecule has 1 heterocycles. The lowest BCUT2D eigenvalue weighted by atomic mass is 10.2. The summed E-state index contributed by atoms with van der Waals surface area (Å²) in [6, 6.07) is 4.79. The zero-order valence-electron chi connectivity index (χ0n) is 13.6. The molecule has 0 unspecified atom stereocenters. The van der Waals surface area contributed by atoms with E-state index < -0.39 is 18.0 Å². The molecule has 0 aromatic heterocycles. The first-order chi connectivity index (χ1) is 11.5. The molecule has 1 fully saturated rings. The van der Waals surface area contributed by atoms with E-state index in [1.807, 2.05) is 13.0 Å². The molecule has 0 spiro atoms. The molecule has 2 rings (SSSR count). The van der Waals surface area contributed by atoms with Gasteiger partial charge in [0, 0.05) is 5.75 Å². The third kappa shape index (κ3) is 4.78. The molecule has 2 N–H and O–H groups in total. The molecule has 0 aliphatic carbocycles. The van der Waals surface area contributed by atoms with E-state index in [4.69, 9.17) is 19.3 Å². The first-order valence-electron chi connectivity index (χ1n) is 7.70. The Kier molecular flexibility index (Phi) is 6.74. The van der Waals surface area contributed by atoms with Crippen molar-refractivity contribution in [1.29, 1.82) is 0 Å². The molecule has 1 aliphatic rings. The van der Waals surface area contributed by atoms with Crippen molar-refractivity contribution in [2.45, 2.75) is 25.3 Å². The molecule has 1 aliphatic heterocycles. The average molecular weight is 355 g/mol. The number of rotatable bonds is 8. The van der Waals surface area contributed by atoms with Crippen molar-refractivity contribution in [3.63, 3.8) is 0 Å². The highest BCUT2D eigenvalue weighted by atomic mass is 32.2. The topological polar surface area (TPSA) is 94.1 Å². The van der Waals surface area contributed by atoms with Gasteiger partial charge in [0.2, 0.25) is 0 Å². The largest absolute Gasteiger partial charge is 0.490 e. The van der Waals surface area contributed by atoms with Crippen LogP contribution in [0.5, 0.6) is 11.5 Å². The Hall–Kier alpha value is -1.93. The Balaban J connectivity index is 2.08. The molecule has 132 valence electrons. The third-order valence-electron chi connectivity index (χ3n) is 3.30. The van der Waals surface area contributed by atoms with Crippen LogP contribution >= 0.6 is 11.8 Å². The second kappa shape index (κ2) is 8.79. The van der Waals surface area contributed by atoms with Gasteiger partial charge in [-0.3, -0.25) is 10.1 Å². The van der Waals surface area contributed by atoms with E-state index in [0.717, 1.165) is 5.56 Å². The number of carbonyl (C=O) groups is 2. The molecule has 1 saturated heterocycles. The number of ether oxygens (including phenoxy) is 3. The van der Waals surface area contributed by atoms with Gasteiger partial charge in [0.15, 0.2) is 18.1 Å². The van der Waals surface area contributed by atoms with Crippen molar-refractivity contribution in [1.82, 2.24) is 5.32 Å². The molecule has 0 bridgehead atoms. The molecule has 2 atom stereocenters. The number of carboxylic acid groups (broad SMARTS) is 1. The van der Waals surface area contributed by atoms with Crippen LogP contribution in [0.1, 0.15) is 24.8 Å². The lowest BCUT2D eigenvalue weighted by Gasteiger charge is -2.16. The maximum atomic E-state index is 11.4. The van der Waals surface area contributed by atoms with Gasteiger partial charge in [0.05, 0.1) is 18.6 Å². The number of esters is 1. The summed E-state index contributed by atoms with van der Waals surface area (Å²) in [4.78, 5) is 22.4. The van der Waals surface area contributed by atoms with Crippen molar-refractivity contribution in [3.8, 4) is 11.5 Å². The van der Waals surface area contributed by atoms with E-state index in [9.17, 15) is 9.59 Å². The van der Waals surface area contributed by atoms with Gasteiger partial charge < -0.3 is 19.3 Å². The average Bonchev–Trinajstić information content (AvgIpc) is 3.04. The number of aliphatic carboxylic acids is 1. The fourth-order valence-corrected chi connectivity index (χ4v) is 3.44. The summed E-state index contributed by atoms with van der Waals surface area (Å²) in [6.45, 7) is 4.14. The number of benzene rings is 1. The zero-order chi connectivity index (χ0) is 17.5. The predicted molar refractivity (Wildman–Crippen MR) is 89.5 cm³/mol. The number of carbonyl (C=O) groups excluding carboxylic acids is 1. The number of nitrogens with one attached hydrogen (secondary N) is 1. The molecule has 24 heavy (non-hydrogen) atoms. The van der Waals surface area contributed by atoms with Crippen LogP contribution in [0.15, 0.2) is 18.2 Å². The fourth-order valence-electron chi connectivity index (χ4n) is 2.22. The van der Waals surface area contributed by atoms with Crippen molar-refractivity contribution in [2.24, 2.45) is 0 Å². The summed E-state index contributed by atoms with van der Waals surface area (Å²) in [5.74, 6) is 0.170. The number of carboxylic acids is 1. The lowest BCUT2D eigenvalue weighted by Crippen LogP contribution is -2.33. The Morgan fingerprint density at radius 3 is 2.67 bits per heavy atom. The van der Waals surface area contributed by atoms with Gasteiger partial charge in [0.25, 0.3) is 0 Å². The number of thioether (sulfide) groups is 1. The van der Waals surface area contributed by atoms with Gasteiger partial charge in [0.1, 0.15) is 6.04 Å². The first kappa shape index (κ1) is 18.4. The lowest BCUT2D eigenvalue weighted by molar-refractivity contribution is -0.145. The van der Waals surface area contributed by atoms with Gasteiger partial charge in [-0.1, -0.05) is 6.07 Å². The van der Waals surface area contributed by atoms with E-state index in [-0.39, 0.29) is 12.0 Å². The van der Waals surface area contributed by atoms with Crippen molar-refractivity contribution >= 4 is 23.7 Å². The van der Waals surface area contributed by atoms with Gasteiger partial charge in [-0.2, -0.15) is 0 Å². The number of hydrogen-bond donors (Lipinski definition) is 2. The van der Waals surface area contributed by atoms with Crippen LogP contribution in [0, 0.1) is 0 Å². The van der Waals surface area contributed by atoms with Crippen LogP contribution < -0.4 is 14.8 Å². The predicted octanol–water partition coefficient (Wildman–Crippen LogP) is 1.82. The summed E-state index contributed by atoms with van der Waals surface area (Å²) in [7, 11) is 0. The highest BCUT2D eigenvalue weighted by Crippen LogP contribution is 2.37. The minimum absolute atomic E-state index is 0.121. The van der Waals surface area contributed by atoms with E-state index in [1.54, 1.807) is 19.1 Å². The van der Waals surface area contributed by atoms with Crippen LogP contribution in [-0.4, -0.2) is 48.7 Å². The summed E-state index contributed by atoms with van der Waals surface area (Å²) in [5, 5.41) is 12.0. The Labute approximate surface area is 144 Å². The standard InChI is InChI=1S/C16H21NO6S/c1-3-21-13-7-10(15-17-11(9-24-15)16(19)20)5-6-12(13)23-8-14(18)22-4-2/h5-7,11,15,17H,3-4,8-9H2,1-2H3,(H,19,20)/t11-,15-/m1/s1. The Morgan fingerprint density at radius 2 is 2.04 bits per heavy atom. The van der Waals surface area contributed by atoms with E-state index >= 15 is 0 Å². The maximum Gasteiger partial charge on any atom is 0.344 e. The molecular weight excluding hydrogens is 334 g/mol. The minimum atomic E-state index is -0.857. The van der Waals surface area contributed by atoms with Gasteiger partial charge >= 0.3 is 11.9 Å². The molecule has 1 aromatic rings. The minimum Gasteiger partial charge on any atom is -0.490 e. The maximum absolute atomic E-state index is 11.4. The highest BCUT2D eigenvalue weighted by molar-refractivity contribution is 7.99. The third-order valence-corrected chi connectivity index (χ3v) is 4.57. The van der Waals surface area contributed by atoms with Gasteiger partial charge in [-0.15, -0.1) is 11.8 Å². The molecular formula is C16H21NO6S. The Morgan fingerprint density at radius 1 is 1.25 bits per heavy atom. The summed E-state index contributed by atoms with van der Waals surface area (Å²) >= 11 is 1.53. The first-order valence-corrected chi connectivity index (χ1v) is 8.75. The van der Waals surface area contributed by atoms with Crippen molar-refractivity contribution in [2.75, 3.05) is 25.6 Å². The second-order valence-electron chi connectivity index (χ2n) is 5.00. The molecule has 0 radical (unpaired) electrons. The van der Waals surface area contributed by atoms with Crippen molar-refractivity contribution in [3.05, 3.63) is 23.8 Å². The monoisotopic (exact) mass is 355 g/mol. The summed E-state index contributed by atoms with van der Waals surface area (Å²) < 4.78 is 15.9. The normalized spacial score (nSPS) is 19.8. The highest BCUT2D eigenvalue weighted by Gasteiger charge is 2.30. The van der Waals surface area contributed by atoms with Crippen LogP contribution in [-0.2, 0) is 14.3 Å². The van der Waals surface area contributed by atoms with E-state index in [1.165, 1.54) is 11.8 Å². The van der Waals surface area contributed by atoms with Crippen LogP contribution in [0.2, 0.25) is 0 Å². The van der Waals surface area contributed by atoms with Crippen LogP contribution in [0.4, 0.5) is 0 Å². The SMILES string of the molecule is CCOC(=O)COc1ccc([C@@H]2N[C@@H](C(=O)O)CS2)cc1OCC. The quantitative estimate of drug-likeness (QED) is 0.682. The Bertz CT molecular complexity index is 594. The van der Waals surface area contributed by atoms with Crippen LogP contribution in [0.3, 0.4) is 0 Å². The molecule has 0 saturated carbocycles. The summed E-state index contributed by atoms with van der Waals surface area (Å²) in [5.41, 5.74) is 0.899. The van der Waals surface area contributed by atoms with Gasteiger partial charge in [-0.05, 0) is 31.5 Å². The molecule has 0 amide bonds. The molecule has 7 nitrogen and oxygen atoms in total. The summed E-state index contributed by atoms with van der Waals surface area (Å²) in [6.07, 6.45) is 0. The molecule has 1 aromatic carbocycles. The van der Waals surface area contributed by atoms with Crippen LogP contribution in [0.25, 0.3) is 0 Å². The molecule has 8 heteroatoms. The second-order valence-corrected chi connectivity index (χ2v) is 6.14. The van der Waals surface area contributed by atoms with Gasteiger partial charge in [-0.25, -0.2) is 4.79 Å². The van der Waals surface area contributed by atoms with Crippen molar-refractivity contribution < 1.29 is 28.9 Å².